The van der Waals surface area contributed by atoms with Crippen LogP contribution in [-0.2, 0) is 4.74 Å². The van der Waals surface area contributed by atoms with Crippen molar-refractivity contribution < 1.29 is 19.1 Å². The van der Waals surface area contributed by atoms with E-state index in [-0.39, 0.29) is 18.0 Å². The third-order valence-corrected chi connectivity index (χ3v) is 5.71. The van der Waals surface area contributed by atoms with Gasteiger partial charge in [0.05, 0.1) is 6.54 Å². The van der Waals surface area contributed by atoms with Gasteiger partial charge < -0.3 is 19.9 Å². The van der Waals surface area contributed by atoms with Crippen molar-refractivity contribution in [2.75, 3.05) is 44.7 Å². The maximum atomic E-state index is 13.0. The highest BCUT2D eigenvalue weighted by molar-refractivity contribution is 5.99. The number of nitrogens with one attached hydrogen (secondary N) is 1. The number of amides is 4. The molecule has 4 rings (SSSR count). The lowest BCUT2D eigenvalue weighted by Gasteiger charge is -2.37. The zero-order valence-electron chi connectivity index (χ0n) is 15.7. The minimum absolute atomic E-state index is 0.0524. The molecule has 1 aromatic carbocycles. The van der Waals surface area contributed by atoms with Crippen LogP contribution in [0.2, 0.25) is 0 Å². The van der Waals surface area contributed by atoms with Crippen LogP contribution in [-0.4, -0.2) is 73.2 Å². The highest BCUT2D eigenvalue weighted by Crippen LogP contribution is 2.33. The number of nitrogens with zero attached hydrogens (tertiary/aromatic N) is 3. The predicted octanol–water partition coefficient (Wildman–Crippen LogP) is 1.58. The van der Waals surface area contributed by atoms with Crippen LogP contribution in [0.5, 0.6) is 0 Å². The fourth-order valence-electron chi connectivity index (χ4n) is 4.09. The molecule has 0 atom stereocenters. The van der Waals surface area contributed by atoms with Gasteiger partial charge in [0, 0.05) is 57.3 Å². The summed E-state index contributed by atoms with van der Waals surface area (Å²) in [4.78, 5) is 41.7. The molecule has 4 amide bonds. The van der Waals surface area contributed by atoms with Crippen LogP contribution in [0.4, 0.5) is 15.3 Å². The van der Waals surface area contributed by atoms with Crippen molar-refractivity contribution in [3.63, 3.8) is 0 Å². The quantitative estimate of drug-likeness (QED) is 0.855. The summed E-state index contributed by atoms with van der Waals surface area (Å²) in [5.41, 5.74) is 1.85. The van der Waals surface area contributed by atoms with Gasteiger partial charge in [-0.2, -0.15) is 0 Å². The SMILES string of the molecule is Cc1ccc(C(=O)N2CCC3(CC2)CN(C)C(=O)O3)cc1N1CCNC1=O. The second-order valence-corrected chi connectivity index (χ2v) is 7.58. The van der Waals surface area contributed by atoms with Gasteiger partial charge >= 0.3 is 12.1 Å². The molecule has 0 aromatic heterocycles. The number of likely N-dealkylation sites (tertiary alicyclic amines) is 1. The largest absolute Gasteiger partial charge is 0.441 e. The van der Waals surface area contributed by atoms with E-state index in [1.807, 2.05) is 19.1 Å². The van der Waals surface area contributed by atoms with E-state index in [4.69, 9.17) is 4.74 Å². The van der Waals surface area contributed by atoms with Gasteiger partial charge in [0.2, 0.25) is 0 Å². The normalized spacial score (nSPS) is 21.6. The zero-order chi connectivity index (χ0) is 19.2. The third kappa shape index (κ3) is 3.09. The van der Waals surface area contributed by atoms with Crippen molar-refractivity contribution in [3.8, 4) is 0 Å². The summed E-state index contributed by atoms with van der Waals surface area (Å²) >= 11 is 0. The lowest BCUT2D eigenvalue weighted by Crippen LogP contribution is -2.48. The first-order valence-electron chi connectivity index (χ1n) is 9.28. The van der Waals surface area contributed by atoms with E-state index in [2.05, 4.69) is 5.32 Å². The molecule has 3 fully saturated rings. The lowest BCUT2D eigenvalue weighted by atomic mass is 9.91. The molecule has 3 saturated heterocycles. The third-order valence-electron chi connectivity index (χ3n) is 5.71. The molecular weight excluding hydrogens is 348 g/mol. The number of carbonyl (C=O) groups excluding carboxylic acids is 3. The zero-order valence-corrected chi connectivity index (χ0v) is 15.7. The first-order chi connectivity index (χ1) is 12.9. The highest BCUT2D eigenvalue weighted by atomic mass is 16.6. The Balaban J connectivity index is 1.48. The van der Waals surface area contributed by atoms with Gasteiger partial charge in [-0.1, -0.05) is 6.07 Å². The summed E-state index contributed by atoms with van der Waals surface area (Å²) in [6.07, 6.45) is 0.992. The van der Waals surface area contributed by atoms with Gasteiger partial charge in [-0.05, 0) is 24.6 Å². The van der Waals surface area contributed by atoms with Gasteiger partial charge in [0.1, 0.15) is 5.60 Å². The molecule has 144 valence electrons. The molecule has 1 spiro atoms. The molecule has 1 aromatic rings. The molecular formula is C19H24N4O4. The summed E-state index contributed by atoms with van der Waals surface area (Å²) in [7, 11) is 1.73. The van der Waals surface area contributed by atoms with Crippen LogP contribution in [0.1, 0.15) is 28.8 Å². The fourth-order valence-corrected chi connectivity index (χ4v) is 4.09. The monoisotopic (exact) mass is 372 g/mol. The Kier molecular flexibility index (Phi) is 4.20. The Hall–Kier alpha value is -2.77. The average molecular weight is 372 g/mol. The number of piperidine rings is 1. The van der Waals surface area contributed by atoms with E-state index in [1.54, 1.807) is 27.8 Å². The van der Waals surface area contributed by atoms with Crippen molar-refractivity contribution in [2.45, 2.75) is 25.4 Å². The molecule has 3 aliphatic rings. The molecule has 3 aliphatic heterocycles. The van der Waals surface area contributed by atoms with Gasteiger partial charge in [0.15, 0.2) is 0 Å². The Morgan fingerprint density at radius 2 is 1.93 bits per heavy atom. The second-order valence-electron chi connectivity index (χ2n) is 7.58. The van der Waals surface area contributed by atoms with Crippen molar-refractivity contribution in [1.82, 2.24) is 15.1 Å². The number of benzene rings is 1. The lowest BCUT2D eigenvalue weighted by molar-refractivity contribution is 0.00317. The number of rotatable bonds is 2. The predicted molar refractivity (Wildman–Crippen MR) is 98.9 cm³/mol. The first kappa shape index (κ1) is 17.6. The maximum Gasteiger partial charge on any atom is 0.410 e. The van der Waals surface area contributed by atoms with Crippen LogP contribution in [0.25, 0.3) is 0 Å². The molecule has 8 heteroatoms. The summed E-state index contributed by atoms with van der Waals surface area (Å²) in [6.45, 7) is 4.82. The Labute approximate surface area is 158 Å². The van der Waals surface area contributed by atoms with Crippen LogP contribution >= 0.6 is 0 Å². The number of likely N-dealkylation sites (N-methyl/N-ethyl adjacent to an activating group) is 1. The van der Waals surface area contributed by atoms with Crippen LogP contribution in [0.3, 0.4) is 0 Å². The summed E-state index contributed by atoms with van der Waals surface area (Å²) in [6, 6.07) is 5.36. The first-order valence-corrected chi connectivity index (χ1v) is 9.28. The molecule has 0 bridgehead atoms. The van der Waals surface area contributed by atoms with Crippen LogP contribution in [0.15, 0.2) is 18.2 Å². The van der Waals surface area contributed by atoms with Crippen molar-refractivity contribution in [1.29, 1.82) is 0 Å². The molecule has 0 radical (unpaired) electrons. The number of urea groups is 1. The number of hydrogen-bond acceptors (Lipinski definition) is 4. The van der Waals surface area contributed by atoms with Gasteiger partial charge in [-0.15, -0.1) is 0 Å². The van der Waals surface area contributed by atoms with E-state index >= 15 is 0 Å². The number of hydrogen-bond donors (Lipinski definition) is 1. The van der Waals surface area contributed by atoms with Crippen LogP contribution < -0.4 is 10.2 Å². The molecule has 27 heavy (non-hydrogen) atoms. The van der Waals surface area contributed by atoms with E-state index < -0.39 is 5.60 Å². The van der Waals surface area contributed by atoms with Crippen molar-refractivity contribution in [3.05, 3.63) is 29.3 Å². The standard InChI is InChI=1S/C19H24N4O4/c1-13-3-4-14(11-15(13)23-10-7-20-17(23)25)16(24)22-8-5-19(6-9-22)12-21(2)18(26)27-19/h3-4,11H,5-10,12H2,1-2H3,(H,20,25). The number of aryl methyl sites for hydroxylation is 1. The summed E-state index contributed by atoms with van der Waals surface area (Å²) < 4.78 is 5.55. The molecule has 8 nitrogen and oxygen atoms in total. The molecule has 0 unspecified atom stereocenters. The topological polar surface area (TPSA) is 82.2 Å². The molecule has 0 aliphatic carbocycles. The Bertz CT molecular complexity index is 801. The van der Waals surface area contributed by atoms with Crippen LogP contribution in [0, 0.1) is 6.92 Å². The summed E-state index contributed by atoms with van der Waals surface area (Å²) in [5, 5.41) is 2.79. The molecule has 1 N–H and O–H groups in total. The van der Waals surface area contributed by atoms with E-state index in [0.717, 1.165) is 11.3 Å². The number of ether oxygens (including phenoxy) is 1. The van der Waals surface area contributed by atoms with E-state index in [1.165, 1.54) is 0 Å². The van der Waals surface area contributed by atoms with E-state index in [9.17, 15) is 14.4 Å². The van der Waals surface area contributed by atoms with Gasteiger partial charge in [0.25, 0.3) is 5.91 Å². The maximum absolute atomic E-state index is 13.0. The second kappa shape index (κ2) is 6.44. The highest BCUT2D eigenvalue weighted by Gasteiger charge is 2.46. The van der Waals surface area contributed by atoms with E-state index in [0.29, 0.717) is 51.1 Å². The average Bonchev–Trinajstić information content (AvgIpc) is 3.19. The van der Waals surface area contributed by atoms with Gasteiger partial charge in [-0.3, -0.25) is 9.69 Å². The Morgan fingerprint density at radius 3 is 2.52 bits per heavy atom. The summed E-state index contributed by atoms with van der Waals surface area (Å²) in [5.74, 6) is -0.0524. The minimum atomic E-state index is -0.464. The molecule has 3 heterocycles. The number of carbonyl (C=O) groups is 3. The smallest absolute Gasteiger partial charge is 0.410 e. The molecule has 0 saturated carbocycles. The Morgan fingerprint density at radius 1 is 1.19 bits per heavy atom. The number of anilines is 1. The van der Waals surface area contributed by atoms with Gasteiger partial charge in [-0.25, -0.2) is 9.59 Å². The van der Waals surface area contributed by atoms with Crippen molar-refractivity contribution >= 4 is 23.7 Å². The van der Waals surface area contributed by atoms with Crippen molar-refractivity contribution in [2.24, 2.45) is 0 Å². The minimum Gasteiger partial charge on any atom is -0.441 e. The fraction of sp³-hybridized carbons (Fsp3) is 0.526.